The second kappa shape index (κ2) is 3.96. The number of likely N-dealkylation sites (N-methyl/N-ethyl adjacent to an activating group) is 1. The number of carbonyl (C=O) groups excluding carboxylic acids is 1. The van der Waals surface area contributed by atoms with E-state index in [0.717, 1.165) is 12.3 Å². The molecular formula is C15H28NO2+. The molecule has 2 bridgehead atoms. The Morgan fingerprint density at radius 2 is 1.89 bits per heavy atom. The highest BCUT2D eigenvalue weighted by atomic mass is 16.5. The summed E-state index contributed by atoms with van der Waals surface area (Å²) in [4.78, 5) is 12.0. The van der Waals surface area contributed by atoms with Crippen molar-refractivity contribution in [2.24, 2.45) is 16.7 Å². The van der Waals surface area contributed by atoms with E-state index in [1.807, 2.05) is 21.1 Å². The Morgan fingerprint density at radius 1 is 1.28 bits per heavy atom. The Hall–Kier alpha value is -0.570. The number of ether oxygens (including phenoxy) is 1. The Labute approximate surface area is 111 Å². The lowest BCUT2D eigenvalue weighted by molar-refractivity contribution is -0.862. The third-order valence-corrected chi connectivity index (χ3v) is 5.59. The third-order valence-electron chi connectivity index (χ3n) is 5.59. The van der Waals surface area contributed by atoms with Crippen LogP contribution in [-0.2, 0) is 9.53 Å². The first-order valence-corrected chi connectivity index (χ1v) is 7.06. The summed E-state index contributed by atoms with van der Waals surface area (Å²) in [6.07, 6.45) is 3.69. The van der Waals surface area contributed by atoms with E-state index in [1.165, 1.54) is 12.8 Å². The van der Waals surface area contributed by atoms with Crippen LogP contribution in [0, 0.1) is 16.7 Å². The van der Waals surface area contributed by atoms with Crippen LogP contribution < -0.4 is 0 Å². The maximum atomic E-state index is 12.0. The van der Waals surface area contributed by atoms with E-state index in [9.17, 15) is 4.79 Å². The van der Waals surface area contributed by atoms with Crippen molar-refractivity contribution in [2.45, 2.75) is 46.1 Å². The zero-order valence-corrected chi connectivity index (χ0v) is 12.7. The molecule has 104 valence electrons. The first kappa shape index (κ1) is 13.9. The lowest BCUT2D eigenvalue weighted by Gasteiger charge is -2.38. The highest BCUT2D eigenvalue weighted by Gasteiger charge is 2.62. The quantitative estimate of drug-likeness (QED) is 0.571. The van der Waals surface area contributed by atoms with Gasteiger partial charge < -0.3 is 9.22 Å². The van der Waals surface area contributed by atoms with Crippen LogP contribution in [0.1, 0.15) is 40.0 Å². The summed E-state index contributed by atoms with van der Waals surface area (Å²) in [5, 5.41) is 0. The summed E-state index contributed by atoms with van der Waals surface area (Å²) in [6, 6.07) is 0. The molecule has 0 aromatic rings. The summed E-state index contributed by atoms with van der Waals surface area (Å²) in [6.45, 7) is 7.46. The summed E-state index contributed by atoms with van der Waals surface area (Å²) in [5.74, 6) is 0.682. The molecule has 0 radical (unpaired) electrons. The number of rotatable bonds is 3. The fourth-order valence-electron chi connectivity index (χ4n) is 3.89. The van der Waals surface area contributed by atoms with Crippen LogP contribution in [0.5, 0.6) is 0 Å². The van der Waals surface area contributed by atoms with Gasteiger partial charge in [-0.2, -0.15) is 0 Å². The van der Waals surface area contributed by atoms with Crippen molar-refractivity contribution in [3.05, 3.63) is 0 Å². The van der Waals surface area contributed by atoms with E-state index in [4.69, 9.17) is 4.74 Å². The molecule has 3 atom stereocenters. The first-order valence-electron chi connectivity index (χ1n) is 7.06. The van der Waals surface area contributed by atoms with Gasteiger partial charge in [-0.05, 0) is 30.6 Å². The topological polar surface area (TPSA) is 26.3 Å². The molecule has 2 aliphatic carbocycles. The smallest absolute Gasteiger partial charge is 0.362 e. The Bertz CT molecular complexity index is 356. The summed E-state index contributed by atoms with van der Waals surface area (Å²) >= 11 is 0. The van der Waals surface area contributed by atoms with Gasteiger partial charge in [0.2, 0.25) is 0 Å². The number of quaternary nitrogens is 1. The molecule has 2 saturated carbocycles. The Kier molecular flexibility index (Phi) is 3.05. The Balaban J connectivity index is 2.03. The molecule has 0 heterocycles. The zero-order chi connectivity index (χ0) is 13.8. The lowest BCUT2D eigenvalue weighted by Crippen LogP contribution is -2.44. The fraction of sp³-hybridized carbons (Fsp3) is 0.933. The molecule has 2 rings (SSSR count). The van der Waals surface area contributed by atoms with Crippen LogP contribution in [0.15, 0.2) is 0 Å². The molecule has 0 N–H and O–H groups in total. The maximum Gasteiger partial charge on any atom is 0.362 e. The van der Waals surface area contributed by atoms with E-state index in [1.54, 1.807) is 0 Å². The van der Waals surface area contributed by atoms with E-state index in [0.29, 0.717) is 16.4 Å². The van der Waals surface area contributed by atoms with Crippen LogP contribution in [0.25, 0.3) is 0 Å². The average Bonchev–Trinajstić information content (AvgIpc) is 2.47. The number of nitrogens with zero attached hydrogens (tertiary/aromatic N) is 1. The van der Waals surface area contributed by atoms with Gasteiger partial charge in [0, 0.05) is 5.41 Å². The molecule has 0 spiro atoms. The second-order valence-electron chi connectivity index (χ2n) is 8.04. The van der Waals surface area contributed by atoms with E-state index in [-0.39, 0.29) is 17.5 Å². The predicted molar refractivity (Wildman–Crippen MR) is 72.0 cm³/mol. The zero-order valence-electron chi connectivity index (χ0n) is 12.7. The molecule has 2 aliphatic rings. The molecule has 0 saturated heterocycles. The molecule has 2 fully saturated rings. The highest BCUT2D eigenvalue weighted by molar-refractivity contribution is 5.71. The summed E-state index contributed by atoms with van der Waals surface area (Å²) in [7, 11) is 6.06. The molecule has 0 aliphatic heterocycles. The minimum Gasteiger partial charge on any atom is -0.458 e. The van der Waals surface area contributed by atoms with Crippen molar-refractivity contribution in [1.82, 2.24) is 0 Å². The number of hydrogen-bond donors (Lipinski definition) is 0. The number of esters is 1. The summed E-state index contributed by atoms with van der Waals surface area (Å²) < 4.78 is 6.44. The van der Waals surface area contributed by atoms with Crippen molar-refractivity contribution in [1.29, 1.82) is 0 Å². The van der Waals surface area contributed by atoms with Gasteiger partial charge in [0.25, 0.3) is 0 Å². The highest BCUT2D eigenvalue weighted by Crippen LogP contribution is 2.66. The third kappa shape index (κ3) is 2.07. The fourth-order valence-corrected chi connectivity index (χ4v) is 3.89. The SMILES string of the molecule is CC1(C)[C@H]2CC[C@]1(C)[C@@H](OC(=O)C[N+](C)(C)C)C2. The molecule has 0 amide bonds. The van der Waals surface area contributed by atoms with Gasteiger partial charge in [0.15, 0.2) is 6.54 Å². The van der Waals surface area contributed by atoms with Crippen LogP contribution in [0.3, 0.4) is 0 Å². The van der Waals surface area contributed by atoms with E-state index >= 15 is 0 Å². The maximum absolute atomic E-state index is 12.0. The van der Waals surface area contributed by atoms with Gasteiger partial charge in [-0.3, -0.25) is 0 Å². The van der Waals surface area contributed by atoms with Crippen LogP contribution in [0.2, 0.25) is 0 Å². The second-order valence-corrected chi connectivity index (χ2v) is 8.04. The van der Waals surface area contributed by atoms with E-state index < -0.39 is 0 Å². The molecule has 3 heteroatoms. The molecule has 18 heavy (non-hydrogen) atoms. The standard InChI is InChI=1S/C15H28NO2/c1-14(2)11-7-8-15(14,3)12(9-11)18-13(17)10-16(4,5)6/h11-12H,7-10H2,1-6H3/q+1/t11-,12-,15+/m0/s1. The molecule has 3 nitrogen and oxygen atoms in total. The largest absolute Gasteiger partial charge is 0.458 e. The van der Waals surface area contributed by atoms with Crippen molar-refractivity contribution < 1.29 is 14.0 Å². The van der Waals surface area contributed by atoms with Crippen LogP contribution >= 0.6 is 0 Å². The normalized spacial score (nSPS) is 37.9. The number of hydrogen-bond acceptors (Lipinski definition) is 2. The first-order chi connectivity index (χ1) is 8.06. The van der Waals surface area contributed by atoms with Gasteiger partial charge in [-0.15, -0.1) is 0 Å². The van der Waals surface area contributed by atoms with Gasteiger partial charge in [0.05, 0.1) is 21.1 Å². The van der Waals surface area contributed by atoms with Crippen molar-refractivity contribution in [2.75, 3.05) is 27.7 Å². The predicted octanol–water partition coefficient (Wildman–Crippen LogP) is 2.45. The van der Waals surface area contributed by atoms with Gasteiger partial charge in [-0.25, -0.2) is 4.79 Å². The van der Waals surface area contributed by atoms with Crippen molar-refractivity contribution in [3.63, 3.8) is 0 Å². The monoisotopic (exact) mass is 254 g/mol. The minimum absolute atomic E-state index is 0.0444. The molecule has 0 unspecified atom stereocenters. The molecule has 0 aromatic carbocycles. The van der Waals surface area contributed by atoms with Gasteiger partial charge in [-0.1, -0.05) is 20.8 Å². The molecular weight excluding hydrogens is 226 g/mol. The van der Waals surface area contributed by atoms with Crippen molar-refractivity contribution in [3.8, 4) is 0 Å². The van der Waals surface area contributed by atoms with Crippen LogP contribution in [-0.4, -0.2) is 44.2 Å². The average molecular weight is 254 g/mol. The van der Waals surface area contributed by atoms with E-state index in [2.05, 4.69) is 20.8 Å². The minimum atomic E-state index is -0.0444. The Morgan fingerprint density at radius 3 is 2.28 bits per heavy atom. The van der Waals surface area contributed by atoms with Crippen molar-refractivity contribution >= 4 is 5.97 Å². The molecule has 0 aromatic heterocycles. The number of fused-ring (bicyclic) bond motifs is 2. The number of carbonyl (C=O) groups is 1. The lowest BCUT2D eigenvalue weighted by atomic mass is 9.70. The van der Waals surface area contributed by atoms with Crippen LogP contribution in [0.4, 0.5) is 0 Å². The summed E-state index contributed by atoms with van der Waals surface area (Å²) in [5.41, 5.74) is 0.493. The van der Waals surface area contributed by atoms with Gasteiger partial charge in [0.1, 0.15) is 6.10 Å². The van der Waals surface area contributed by atoms with Gasteiger partial charge >= 0.3 is 5.97 Å².